The van der Waals surface area contributed by atoms with Crippen LogP contribution in [-0.4, -0.2) is 63.4 Å². The number of carboxylic acids is 1. The molecule has 1 saturated heterocycles. The molecular formula is C19H19N7O5S3. The molecule has 2 atom stereocenters. The van der Waals surface area contributed by atoms with Crippen LogP contribution < -0.4 is 26.7 Å². The summed E-state index contributed by atoms with van der Waals surface area (Å²) in [5.41, 5.74) is 6.10. The number of β-lactam (4-membered cyclic amide) rings is 1. The topological polar surface area (TPSA) is 180 Å². The summed E-state index contributed by atoms with van der Waals surface area (Å²) < 4.78 is 1.40. The molecule has 2 aliphatic heterocycles. The van der Waals surface area contributed by atoms with Gasteiger partial charge in [0.2, 0.25) is 0 Å². The number of fused-ring (bicyclic) bond motifs is 1. The third kappa shape index (κ3) is 4.67. The number of thioether (sulfide) groups is 2. The Labute approximate surface area is 206 Å². The number of nitrogens with zero attached hydrogens (tertiary/aromatic N) is 4. The molecule has 1 fully saturated rings. The number of anilines is 1. The van der Waals surface area contributed by atoms with E-state index in [1.165, 1.54) is 40.7 Å². The first-order valence-corrected chi connectivity index (χ1v) is 12.6. The van der Waals surface area contributed by atoms with Gasteiger partial charge >= 0.3 is 0 Å². The highest BCUT2D eigenvalue weighted by Gasteiger charge is 2.53. The van der Waals surface area contributed by atoms with Crippen molar-refractivity contribution in [3.8, 4) is 0 Å². The zero-order chi connectivity index (χ0) is 24.4. The first kappa shape index (κ1) is 23.8. The van der Waals surface area contributed by atoms with Gasteiger partial charge in [0.1, 0.15) is 24.2 Å². The SMILES string of the molecule is CO/N=C(\C(=O)N[C@@H]1C(=O)N2C(C(=O)[O-])=C(CSc3cc[n+](N)cc3)CS[C@H]12)c1csc(N)n1. The van der Waals surface area contributed by atoms with Crippen molar-refractivity contribution in [2.45, 2.75) is 16.3 Å². The molecule has 2 amide bonds. The molecule has 4 heterocycles. The van der Waals surface area contributed by atoms with Crippen LogP contribution in [0.1, 0.15) is 5.69 Å². The molecule has 0 bridgehead atoms. The van der Waals surface area contributed by atoms with Crippen LogP contribution in [0.25, 0.3) is 0 Å². The van der Waals surface area contributed by atoms with Crippen LogP contribution in [0.4, 0.5) is 5.13 Å². The smallest absolute Gasteiger partial charge is 0.276 e. The lowest BCUT2D eigenvalue weighted by molar-refractivity contribution is -0.639. The maximum absolute atomic E-state index is 12.9. The van der Waals surface area contributed by atoms with E-state index in [0.29, 0.717) is 17.1 Å². The summed E-state index contributed by atoms with van der Waals surface area (Å²) in [5.74, 6) is 3.66. The minimum Gasteiger partial charge on any atom is -0.543 e. The van der Waals surface area contributed by atoms with E-state index in [9.17, 15) is 19.5 Å². The van der Waals surface area contributed by atoms with Gasteiger partial charge < -0.3 is 25.8 Å². The molecule has 4 rings (SSSR count). The normalized spacial score (nSPS) is 20.0. The van der Waals surface area contributed by atoms with Gasteiger partial charge in [-0.2, -0.15) is 0 Å². The molecule has 0 unspecified atom stereocenters. The summed E-state index contributed by atoms with van der Waals surface area (Å²) in [6.45, 7) is 0. The molecule has 0 saturated carbocycles. The Morgan fingerprint density at radius 3 is 2.79 bits per heavy atom. The number of hydrogen-bond acceptors (Lipinski definition) is 12. The molecule has 0 spiro atoms. The molecule has 5 N–H and O–H groups in total. The highest BCUT2D eigenvalue weighted by atomic mass is 32.2. The molecule has 2 aliphatic rings. The molecule has 0 aliphatic carbocycles. The summed E-state index contributed by atoms with van der Waals surface area (Å²) in [6.07, 6.45) is 3.35. The third-order valence-corrected chi connectivity index (χ3v) is 8.04. The van der Waals surface area contributed by atoms with Gasteiger partial charge in [0.05, 0.1) is 11.7 Å². The Morgan fingerprint density at radius 2 is 2.18 bits per heavy atom. The fourth-order valence-corrected chi connectivity index (χ4v) is 6.29. The molecular weight excluding hydrogens is 502 g/mol. The van der Waals surface area contributed by atoms with E-state index < -0.39 is 29.2 Å². The number of amides is 2. The summed E-state index contributed by atoms with van der Waals surface area (Å²) in [4.78, 5) is 48.4. The second kappa shape index (κ2) is 9.90. The third-order valence-electron chi connectivity index (χ3n) is 4.92. The molecule has 0 radical (unpaired) electrons. The van der Waals surface area contributed by atoms with Crippen LogP contribution in [-0.2, 0) is 19.2 Å². The van der Waals surface area contributed by atoms with Crippen molar-refractivity contribution in [1.82, 2.24) is 15.2 Å². The summed E-state index contributed by atoms with van der Waals surface area (Å²) >= 11 is 3.90. The number of carbonyl (C=O) groups excluding carboxylic acids is 3. The van der Waals surface area contributed by atoms with E-state index >= 15 is 0 Å². The first-order chi connectivity index (χ1) is 16.3. The van der Waals surface area contributed by atoms with Gasteiger partial charge in [-0.05, 0) is 5.57 Å². The monoisotopic (exact) mass is 521 g/mol. The molecule has 178 valence electrons. The number of carboxylic acid groups (broad SMARTS) is 1. The summed E-state index contributed by atoms with van der Waals surface area (Å²) in [7, 11) is 1.27. The van der Waals surface area contributed by atoms with Crippen molar-refractivity contribution in [3.05, 3.63) is 46.9 Å². The van der Waals surface area contributed by atoms with Crippen molar-refractivity contribution >= 4 is 63.5 Å². The van der Waals surface area contributed by atoms with Crippen LogP contribution in [0.2, 0.25) is 0 Å². The maximum atomic E-state index is 12.9. The second-order valence-electron chi connectivity index (χ2n) is 7.06. The number of thiazole rings is 1. The van der Waals surface area contributed by atoms with Crippen LogP contribution in [0, 0.1) is 0 Å². The van der Waals surface area contributed by atoms with Gasteiger partial charge in [-0.3, -0.25) is 14.5 Å². The van der Waals surface area contributed by atoms with E-state index in [1.54, 1.807) is 24.5 Å². The van der Waals surface area contributed by atoms with E-state index in [0.717, 1.165) is 21.1 Å². The Bertz CT molecular complexity index is 1200. The van der Waals surface area contributed by atoms with E-state index in [-0.39, 0.29) is 22.2 Å². The largest absolute Gasteiger partial charge is 0.543 e. The van der Waals surface area contributed by atoms with E-state index in [2.05, 4.69) is 15.5 Å². The lowest BCUT2D eigenvalue weighted by Crippen LogP contribution is -2.71. The fourth-order valence-electron chi connectivity index (χ4n) is 3.38. The fraction of sp³-hybridized carbons (Fsp3) is 0.263. The summed E-state index contributed by atoms with van der Waals surface area (Å²) in [5, 5.41) is 19.4. The van der Waals surface area contributed by atoms with Gasteiger partial charge in [-0.1, -0.05) is 9.83 Å². The highest BCUT2D eigenvalue weighted by molar-refractivity contribution is 8.01. The van der Waals surface area contributed by atoms with Gasteiger partial charge in [-0.15, -0.1) is 34.9 Å². The standard InChI is InChI=1S/C19H19N7O5S3/c1-31-24-12(11-8-34-19(20)22-11)15(27)23-13-16(28)26-14(18(29)30)9(7-33-17(13)26)6-32-10-2-4-25(21)5-3-10/h2-5,8,13,17H,6-7,21H2,1H3,(H3-,20,22,23,27,29,30)/b24-12-/t13-,17-/m1/s1. The van der Waals surface area contributed by atoms with Crippen molar-refractivity contribution in [3.63, 3.8) is 0 Å². The number of carbonyl (C=O) groups is 3. The Hall–Kier alpha value is -3.30. The second-order valence-corrected chi connectivity index (χ2v) is 10.1. The number of nitrogen functional groups attached to an aromatic ring is 2. The van der Waals surface area contributed by atoms with Gasteiger partial charge in [0.25, 0.3) is 11.8 Å². The van der Waals surface area contributed by atoms with Crippen LogP contribution >= 0.6 is 34.9 Å². The minimum absolute atomic E-state index is 0.142. The number of aliphatic carboxylic acids is 1. The zero-order valence-corrected chi connectivity index (χ0v) is 20.1. The van der Waals surface area contributed by atoms with Crippen molar-refractivity contribution in [2.24, 2.45) is 5.16 Å². The number of pyridine rings is 1. The van der Waals surface area contributed by atoms with E-state index in [1.807, 2.05) is 0 Å². The Morgan fingerprint density at radius 1 is 1.44 bits per heavy atom. The first-order valence-electron chi connectivity index (χ1n) is 9.70. The van der Waals surface area contributed by atoms with Crippen LogP contribution in [0.5, 0.6) is 0 Å². The number of aromatic nitrogens is 2. The lowest BCUT2D eigenvalue weighted by atomic mass is 10.0. The zero-order valence-electron chi connectivity index (χ0n) is 17.7. The van der Waals surface area contributed by atoms with E-state index in [4.69, 9.17) is 16.4 Å². The molecule has 15 heteroatoms. The van der Waals surface area contributed by atoms with Crippen LogP contribution in [0.3, 0.4) is 0 Å². The number of hydrogen-bond donors (Lipinski definition) is 3. The van der Waals surface area contributed by atoms with Crippen LogP contribution in [0.15, 0.2) is 51.2 Å². The Kier molecular flexibility index (Phi) is 6.95. The number of oxime groups is 1. The minimum atomic E-state index is -1.44. The average molecular weight is 522 g/mol. The predicted octanol–water partition coefficient (Wildman–Crippen LogP) is -1.73. The molecule has 34 heavy (non-hydrogen) atoms. The maximum Gasteiger partial charge on any atom is 0.276 e. The highest BCUT2D eigenvalue weighted by Crippen LogP contribution is 2.41. The molecule has 2 aromatic heterocycles. The molecule has 2 aromatic rings. The quantitative estimate of drug-likeness (QED) is 0.0902. The number of rotatable bonds is 8. The van der Waals surface area contributed by atoms with Gasteiger partial charge in [0, 0.05) is 33.9 Å². The summed E-state index contributed by atoms with van der Waals surface area (Å²) in [6, 6.07) is 2.67. The average Bonchev–Trinajstić information content (AvgIpc) is 3.25. The Balaban J connectivity index is 1.48. The molecule has 0 aromatic carbocycles. The predicted molar refractivity (Wildman–Crippen MR) is 125 cm³/mol. The van der Waals surface area contributed by atoms with Crippen molar-refractivity contribution in [1.29, 1.82) is 0 Å². The number of nitrogens with one attached hydrogen (secondary N) is 1. The van der Waals surface area contributed by atoms with Gasteiger partial charge in [0.15, 0.2) is 23.2 Å². The van der Waals surface area contributed by atoms with Crippen molar-refractivity contribution < 1.29 is 29.0 Å². The molecule has 12 nitrogen and oxygen atoms in total. The number of nitrogens with two attached hydrogens (primary N) is 2. The van der Waals surface area contributed by atoms with Gasteiger partial charge in [-0.25, -0.2) is 10.8 Å². The van der Waals surface area contributed by atoms with Crippen molar-refractivity contribution in [2.75, 3.05) is 30.2 Å². The lowest BCUT2D eigenvalue weighted by Gasteiger charge is -2.50.